The lowest BCUT2D eigenvalue weighted by Gasteiger charge is -2.19. The van der Waals surface area contributed by atoms with Gasteiger partial charge in [0.15, 0.2) is 0 Å². The zero-order valence-corrected chi connectivity index (χ0v) is 11.2. The molecule has 0 saturated heterocycles. The van der Waals surface area contributed by atoms with Gasteiger partial charge in [0, 0.05) is 25.3 Å². The van der Waals surface area contributed by atoms with E-state index in [1.54, 1.807) is 0 Å². The maximum Gasteiger partial charge on any atom is 0.218 e. The smallest absolute Gasteiger partial charge is 0.218 e. The van der Waals surface area contributed by atoms with Crippen molar-refractivity contribution in [2.45, 2.75) is 13.5 Å². The number of nitrogens with zero attached hydrogens (tertiary/aromatic N) is 3. The molecule has 5 heteroatoms. The summed E-state index contributed by atoms with van der Waals surface area (Å²) in [6.45, 7) is 3.21. The van der Waals surface area contributed by atoms with Crippen LogP contribution in [0.15, 0.2) is 36.7 Å². The van der Waals surface area contributed by atoms with E-state index in [0.717, 1.165) is 17.1 Å². The Morgan fingerprint density at radius 1 is 1.26 bits per heavy atom. The molecule has 0 aliphatic carbocycles. The Bertz CT molecular complexity index is 544. The van der Waals surface area contributed by atoms with Crippen molar-refractivity contribution < 1.29 is 4.74 Å². The summed E-state index contributed by atoms with van der Waals surface area (Å²) in [5.74, 6) is 1.39. The highest BCUT2D eigenvalue weighted by molar-refractivity contribution is 5.49. The van der Waals surface area contributed by atoms with Crippen LogP contribution in [-0.4, -0.2) is 23.6 Å². The Morgan fingerprint density at radius 2 is 2.05 bits per heavy atom. The maximum atomic E-state index is 5.94. The molecule has 2 aromatic rings. The van der Waals surface area contributed by atoms with E-state index >= 15 is 0 Å². The molecular weight excluding hydrogens is 240 g/mol. The minimum atomic E-state index is 0.584. The normalized spacial score (nSPS) is 10.2. The summed E-state index contributed by atoms with van der Waals surface area (Å²) in [6.07, 6.45) is 1.51. The molecule has 0 fully saturated rings. The van der Waals surface area contributed by atoms with Gasteiger partial charge in [0.25, 0.3) is 0 Å². The van der Waals surface area contributed by atoms with Crippen LogP contribution in [0.5, 0.6) is 5.88 Å². The van der Waals surface area contributed by atoms with Gasteiger partial charge in [-0.25, -0.2) is 9.97 Å². The van der Waals surface area contributed by atoms with E-state index in [9.17, 15) is 0 Å². The third-order valence-electron chi connectivity index (χ3n) is 2.77. The van der Waals surface area contributed by atoms with Crippen LogP contribution < -0.4 is 15.4 Å². The molecule has 0 aliphatic heterocycles. The molecule has 0 unspecified atom stereocenters. The third kappa shape index (κ3) is 3.34. The lowest BCUT2D eigenvalue weighted by Crippen LogP contribution is -2.18. The molecule has 100 valence electrons. The summed E-state index contributed by atoms with van der Waals surface area (Å²) in [5, 5.41) is 0. The van der Waals surface area contributed by atoms with Crippen molar-refractivity contribution in [3.05, 3.63) is 42.2 Å². The molecule has 0 atom stereocenters. The highest BCUT2D eigenvalue weighted by Gasteiger charge is 2.07. The van der Waals surface area contributed by atoms with Gasteiger partial charge in [-0.15, -0.1) is 0 Å². The SMILES string of the molecule is CCOc1cc(N(C)Cc2ccccc2N)ncn1. The maximum absolute atomic E-state index is 5.94. The lowest BCUT2D eigenvalue weighted by molar-refractivity contribution is 0.326. The van der Waals surface area contributed by atoms with Crippen molar-refractivity contribution in [3.63, 3.8) is 0 Å². The van der Waals surface area contributed by atoms with Crippen molar-refractivity contribution in [3.8, 4) is 5.88 Å². The number of nitrogen functional groups attached to an aromatic ring is 1. The fraction of sp³-hybridized carbons (Fsp3) is 0.286. The number of hydrogen-bond donors (Lipinski definition) is 1. The van der Waals surface area contributed by atoms with Crippen LogP contribution in [0.2, 0.25) is 0 Å². The Hall–Kier alpha value is -2.30. The fourth-order valence-corrected chi connectivity index (χ4v) is 1.78. The van der Waals surface area contributed by atoms with E-state index in [-0.39, 0.29) is 0 Å². The van der Waals surface area contributed by atoms with Gasteiger partial charge in [-0.05, 0) is 18.6 Å². The number of rotatable bonds is 5. The number of nitrogens with two attached hydrogens (primary N) is 1. The van der Waals surface area contributed by atoms with Crippen molar-refractivity contribution in [1.29, 1.82) is 0 Å². The van der Waals surface area contributed by atoms with E-state index in [1.807, 2.05) is 49.2 Å². The predicted octanol–water partition coefficient (Wildman–Crippen LogP) is 2.09. The van der Waals surface area contributed by atoms with Crippen LogP contribution in [0.3, 0.4) is 0 Å². The first-order valence-corrected chi connectivity index (χ1v) is 6.20. The minimum Gasteiger partial charge on any atom is -0.478 e. The van der Waals surface area contributed by atoms with Crippen molar-refractivity contribution in [2.24, 2.45) is 0 Å². The number of hydrogen-bond acceptors (Lipinski definition) is 5. The van der Waals surface area contributed by atoms with Crippen LogP contribution in [-0.2, 0) is 6.54 Å². The van der Waals surface area contributed by atoms with Gasteiger partial charge < -0.3 is 15.4 Å². The molecule has 19 heavy (non-hydrogen) atoms. The van der Waals surface area contributed by atoms with Crippen LogP contribution in [0, 0.1) is 0 Å². The number of aromatic nitrogens is 2. The second kappa shape index (κ2) is 6.04. The van der Waals surface area contributed by atoms with E-state index in [1.165, 1.54) is 6.33 Å². The second-order valence-corrected chi connectivity index (χ2v) is 4.20. The summed E-state index contributed by atoms with van der Waals surface area (Å²) < 4.78 is 5.37. The Balaban J connectivity index is 2.13. The third-order valence-corrected chi connectivity index (χ3v) is 2.77. The second-order valence-electron chi connectivity index (χ2n) is 4.20. The predicted molar refractivity (Wildman–Crippen MR) is 76.2 cm³/mol. The van der Waals surface area contributed by atoms with Gasteiger partial charge in [0.2, 0.25) is 5.88 Å². The van der Waals surface area contributed by atoms with Crippen LogP contribution in [0.1, 0.15) is 12.5 Å². The molecular formula is C14H18N4O. The average Bonchev–Trinajstić information content (AvgIpc) is 2.42. The first-order chi connectivity index (χ1) is 9.20. The van der Waals surface area contributed by atoms with E-state index < -0.39 is 0 Å². The zero-order valence-electron chi connectivity index (χ0n) is 11.2. The molecule has 1 aromatic heterocycles. The van der Waals surface area contributed by atoms with Crippen LogP contribution >= 0.6 is 0 Å². The van der Waals surface area contributed by atoms with Crippen molar-refractivity contribution in [1.82, 2.24) is 9.97 Å². The molecule has 1 heterocycles. The first kappa shape index (κ1) is 13.1. The van der Waals surface area contributed by atoms with Gasteiger partial charge in [0.1, 0.15) is 12.1 Å². The quantitative estimate of drug-likeness (QED) is 0.832. The van der Waals surface area contributed by atoms with Gasteiger partial charge in [-0.1, -0.05) is 18.2 Å². The molecule has 0 spiro atoms. The summed E-state index contributed by atoms with van der Waals surface area (Å²) in [5.41, 5.74) is 7.80. The number of ether oxygens (including phenoxy) is 1. The average molecular weight is 258 g/mol. The molecule has 5 nitrogen and oxygen atoms in total. The van der Waals surface area contributed by atoms with Crippen LogP contribution in [0.25, 0.3) is 0 Å². The standard InChI is InChI=1S/C14H18N4O/c1-3-19-14-8-13(16-10-17-14)18(2)9-11-6-4-5-7-12(11)15/h4-8,10H,3,9,15H2,1-2H3. The number of anilines is 2. The molecule has 0 aliphatic rings. The number of para-hydroxylation sites is 1. The molecule has 2 rings (SSSR count). The summed E-state index contributed by atoms with van der Waals surface area (Å²) in [6, 6.07) is 9.63. The summed E-state index contributed by atoms with van der Waals surface area (Å²) >= 11 is 0. The first-order valence-electron chi connectivity index (χ1n) is 6.20. The lowest BCUT2D eigenvalue weighted by atomic mass is 10.2. The molecule has 2 N–H and O–H groups in total. The molecule has 0 bridgehead atoms. The summed E-state index contributed by atoms with van der Waals surface area (Å²) in [7, 11) is 1.96. The monoisotopic (exact) mass is 258 g/mol. The Morgan fingerprint density at radius 3 is 2.79 bits per heavy atom. The van der Waals surface area contributed by atoms with Gasteiger partial charge in [-0.3, -0.25) is 0 Å². The van der Waals surface area contributed by atoms with Gasteiger partial charge in [0.05, 0.1) is 6.61 Å². The largest absolute Gasteiger partial charge is 0.478 e. The van der Waals surface area contributed by atoms with E-state index in [2.05, 4.69) is 9.97 Å². The van der Waals surface area contributed by atoms with Crippen LogP contribution in [0.4, 0.5) is 11.5 Å². The highest BCUT2D eigenvalue weighted by atomic mass is 16.5. The molecule has 0 radical (unpaired) electrons. The van der Waals surface area contributed by atoms with Crippen molar-refractivity contribution >= 4 is 11.5 Å². The van der Waals surface area contributed by atoms with E-state index in [4.69, 9.17) is 10.5 Å². The summed E-state index contributed by atoms with van der Waals surface area (Å²) in [4.78, 5) is 10.3. The topological polar surface area (TPSA) is 64.3 Å². The Labute approximate surface area is 113 Å². The molecule has 0 amide bonds. The minimum absolute atomic E-state index is 0.584. The molecule has 1 aromatic carbocycles. The van der Waals surface area contributed by atoms with Gasteiger partial charge >= 0.3 is 0 Å². The molecule has 0 saturated carbocycles. The van der Waals surface area contributed by atoms with Crippen molar-refractivity contribution in [2.75, 3.05) is 24.3 Å². The zero-order chi connectivity index (χ0) is 13.7. The highest BCUT2D eigenvalue weighted by Crippen LogP contribution is 2.19. The number of benzene rings is 1. The Kier molecular flexibility index (Phi) is 4.18. The van der Waals surface area contributed by atoms with Gasteiger partial charge in [-0.2, -0.15) is 0 Å². The fourth-order valence-electron chi connectivity index (χ4n) is 1.78. The van der Waals surface area contributed by atoms with E-state index in [0.29, 0.717) is 19.0 Å².